The molecule has 0 bridgehead atoms. The third-order valence-corrected chi connectivity index (χ3v) is 8.59. The van der Waals surface area contributed by atoms with Crippen LogP contribution in [0.4, 0.5) is 8.78 Å². The van der Waals surface area contributed by atoms with Gasteiger partial charge in [0.15, 0.2) is 0 Å². The molecule has 1 atom stereocenters. The lowest BCUT2D eigenvalue weighted by molar-refractivity contribution is 0.155. The predicted molar refractivity (Wildman–Crippen MR) is 122 cm³/mol. The fourth-order valence-electron chi connectivity index (χ4n) is 6.17. The number of halogens is 2. The van der Waals surface area contributed by atoms with Crippen LogP contribution in [0.1, 0.15) is 83.1 Å². The van der Waals surface area contributed by atoms with Crippen molar-refractivity contribution in [1.29, 1.82) is 5.26 Å². The number of allylic oxidation sites excluding steroid dienone is 2. The van der Waals surface area contributed by atoms with Crippen molar-refractivity contribution in [3.05, 3.63) is 40.5 Å². The molecule has 164 valence electrons. The molecular weight excluding hydrogens is 408 g/mol. The normalized spacial score (nSPS) is 27.0. The standard InChI is InChI=1S/C27H31F2NS/c1-18-14-24(23-11-9-22(10-12-23)21-4-2-3-5-21)13-8-20(18)7-6-19-15-25(28)27(31-17-30)26(29)16-19/h15-16,21-24H,2-5,8-14H2,1H3. The maximum atomic E-state index is 14.0. The van der Waals surface area contributed by atoms with Gasteiger partial charge >= 0.3 is 0 Å². The van der Waals surface area contributed by atoms with Gasteiger partial charge in [-0.25, -0.2) is 8.78 Å². The first-order chi connectivity index (χ1) is 15.0. The van der Waals surface area contributed by atoms with Crippen molar-refractivity contribution in [1.82, 2.24) is 0 Å². The molecule has 2 saturated carbocycles. The Bertz CT molecular complexity index is 911. The zero-order valence-electron chi connectivity index (χ0n) is 18.4. The molecule has 31 heavy (non-hydrogen) atoms. The van der Waals surface area contributed by atoms with E-state index in [9.17, 15) is 8.78 Å². The Labute approximate surface area is 189 Å². The van der Waals surface area contributed by atoms with Gasteiger partial charge in [0, 0.05) is 11.1 Å². The van der Waals surface area contributed by atoms with Gasteiger partial charge in [-0.15, -0.1) is 0 Å². The number of nitrogens with zero attached hydrogens (tertiary/aromatic N) is 1. The van der Waals surface area contributed by atoms with E-state index in [1.807, 2.05) is 0 Å². The van der Waals surface area contributed by atoms with Crippen LogP contribution in [-0.4, -0.2) is 0 Å². The number of nitriles is 1. The van der Waals surface area contributed by atoms with Crippen LogP contribution in [0, 0.1) is 57.8 Å². The van der Waals surface area contributed by atoms with Gasteiger partial charge in [-0.1, -0.05) is 43.1 Å². The molecule has 4 rings (SSSR count). The quantitative estimate of drug-likeness (QED) is 0.271. The van der Waals surface area contributed by atoms with Crippen molar-refractivity contribution >= 4 is 11.8 Å². The number of thiocyanates is 1. The molecule has 0 N–H and O–H groups in total. The number of rotatable bonds is 3. The number of benzene rings is 1. The van der Waals surface area contributed by atoms with Crippen LogP contribution in [0.25, 0.3) is 0 Å². The van der Waals surface area contributed by atoms with E-state index in [1.165, 1.54) is 75.5 Å². The van der Waals surface area contributed by atoms with Gasteiger partial charge in [-0.2, -0.15) is 5.26 Å². The summed E-state index contributed by atoms with van der Waals surface area (Å²) in [6.45, 7) is 2.17. The van der Waals surface area contributed by atoms with Gasteiger partial charge in [0.25, 0.3) is 0 Å². The first-order valence-electron chi connectivity index (χ1n) is 11.8. The van der Waals surface area contributed by atoms with Crippen LogP contribution in [-0.2, 0) is 0 Å². The van der Waals surface area contributed by atoms with E-state index in [0.717, 1.165) is 42.1 Å². The Morgan fingerprint density at radius 1 is 0.839 bits per heavy atom. The van der Waals surface area contributed by atoms with E-state index < -0.39 is 11.6 Å². The van der Waals surface area contributed by atoms with Gasteiger partial charge in [0.2, 0.25) is 0 Å². The Morgan fingerprint density at radius 2 is 1.42 bits per heavy atom. The lowest BCUT2D eigenvalue weighted by Crippen LogP contribution is -2.26. The molecule has 0 aromatic heterocycles. The fourth-order valence-corrected chi connectivity index (χ4v) is 6.58. The second kappa shape index (κ2) is 10.2. The van der Waals surface area contributed by atoms with E-state index in [-0.39, 0.29) is 4.90 Å². The molecule has 1 unspecified atom stereocenters. The Morgan fingerprint density at radius 3 is 2.00 bits per heavy atom. The first kappa shape index (κ1) is 22.4. The highest BCUT2D eigenvalue weighted by Gasteiger charge is 2.33. The Balaban J connectivity index is 1.36. The van der Waals surface area contributed by atoms with Crippen molar-refractivity contribution in [3.8, 4) is 17.2 Å². The van der Waals surface area contributed by atoms with E-state index in [1.54, 1.807) is 5.40 Å². The zero-order valence-corrected chi connectivity index (χ0v) is 19.2. The van der Waals surface area contributed by atoms with Gasteiger partial charge in [-0.05, 0) is 99.4 Å². The van der Waals surface area contributed by atoms with E-state index >= 15 is 0 Å². The average molecular weight is 440 g/mol. The van der Waals surface area contributed by atoms with Crippen molar-refractivity contribution in [2.45, 2.75) is 82.4 Å². The molecule has 1 aromatic carbocycles. The summed E-state index contributed by atoms with van der Waals surface area (Å²) >= 11 is 0.503. The minimum Gasteiger partial charge on any atom is -0.206 e. The highest BCUT2D eigenvalue weighted by atomic mass is 32.2. The van der Waals surface area contributed by atoms with Crippen molar-refractivity contribution < 1.29 is 8.78 Å². The topological polar surface area (TPSA) is 23.8 Å². The summed E-state index contributed by atoms with van der Waals surface area (Å²) in [5.41, 5.74) is 2.80. The first-order valence-corrected chi connectivity index (χ1v) is 12.6. The largest absolute Gasteiger partial charge is 0.206 e. The summed E-state index contributed by atoms with van der Waals surface area (Å²) in [5, 5.41) is 10.4. The molecule has 4 heteroatoms. The highest BCUT2D eigenvalue weighted by molar-refractivity contribution is 8.03. The molecule has 3 aliphatic carbocycles. The van der Waals surface area contributed by atoms with Crippen LogP contribution in [0.15, 0.2) is 28.2 Å². The zero-order chi connectivity index (χ0) is 21.8. The SMILES string of the molecule is CC1=C(C#Cc2cc(F)c(SC#N)c(F)c2)CCC(C2CCC(C3CCCC3)CC2)C1. The fraction of sp³-hybridized carbons (Fsp3) is 0.593. The lowest BCUT2D eigenvalue weighted by Gasteiger charge is -2.38. The number of thioether (sulfide) groups is 1. The van der Waals surface area contributed by atoms with Gasteiger partial charge in [0.1, 0.15) is 17.0 Å². The van der Waals surface area contributed by atoms with Crippen LogP contribution >= 0.6 is 11.8 Å². The lowest BCUT2D eigenvalue weighted by atomic mass is 9.68. The minimum atomic E-state index is -0.724. The molecule has 0 heterocycles. The van der Waals surface area contributed by atoms with Gasteiger partial charge in [0.05, 0.1) is 4.90 Å². The summed E-state index contributed by atoms with van der Waals surface area (Å²) in [5.74, 6) is 8.31. The third-order valence-electron chi connectivity index (χ3n) is 7.90. The molecule has 0 saturated heterocycles. The maximum absolute atomic E-state index is 14.0. The molecule has 1 aromatic rings. The maximum Gasteiger partial charge on any atom is 0.142 e. The number of hydrogen-bond donors (Lipinski definition) is 0. The summed E-state index contributed by atoms with van der Waals surface area (Å²) < 4.78 is 28.1. The average Bonchev–Trinajstić information content (AvgIpc) is 3.30. The molecule has 0 spiro atoms. The Hall–Kier alpha value is -1.78. The molecule has 0 amide bonds. The second-order valence-corrected chi connectivity index (χ2v) is 10.5. The molecule has 0 radical (unpaired) electrons. The predicted octanol–water partition coefficient (Wildman–Crippen LogP) is 8.00. The van der Waals surface area contributed by atoms with Crippen LogP contribution in [0.3, 0.4) is 0 Å². The number of hydrogen-bond acceptors (Lipinski definition) is 2. The summed E-state index contributed by atoms with van der Waals surface area (Å²) in [4.78, 5) is -0.258. The summed E-state index contributed by atoms with van der Waals surface area (Å²) in [6.07, 6.45) is 14.7. The van der Waals surface area contributed by atoms with E-state index in [4.69, 9.17) is 5.26 Å². The van der Waals surface area contributed by atoms with Crippen LogP contribution < -0.4 is 0 Å². The van der Waals surface area contributed by atoms with Crippen molar-refractivity contribution in [3.63, 3.8) is 0 Å². The van der Waals surface area contributed by atoms with Gasteiger partial charge < -0.3 is 0 Å². The highest BCUT2D eigenvalue weighted by Crippen LogP contribution is 2.45. The van der Waals surface area contributed by atoms with Crippen molar-refractivity contribution in [2.24, 2.45) is 23.7 Å². The summed E-state index contributed by atoms with van der Waals surface area (Å²) in [6, 6.07) is 2.44. The van der Waals surface area contributed by atoms with Crippen LogP contribution in [0.2, 0.25) is 0 Å². The van der Waals surface area contributed by atoms with E-state index in [2.05, 4.69) is 18.8 Å². The van der Waals surface area contributed by atoms with Crippen LogP contribution in [0.5, 0.6) is 0 Å². The minimum absolute atomic E-state index is 0.258. The van der Waals surface area contributed by atoms with E-state index in [0.29, 0.717) is 17.3 Å². The second-order valence-electron chi connectivity index (χ2n) is 9.69. The smallest absolute Gasteiger partial charge is 0.142 e. The third kappa shape index (κ3) is 5.35. The molecule has 2 fully saturated rings. The molecule has 3 aliphatic rings. The van der Waals surface area contributed by atoms with Crippen molar-refractivity contribution in [2.75, 3.05) is 0 Å². The molecule has 0 aliphatic heterocycles. The molecule has 1 nitrogen and oxygen atoms in total. The monoisotopic (exact) mass is 439 g/mol. The molecular formula is C27H31F2NS. The van der Waals surface area contributed by atoms with Gasteiger partial charge in [-0.3, -0.25) is 0 Å². The summed E-state index contributed by atoms with van der Waals surface area (Å²) in [7, 11) is 0. The Kier molecular flexibility index (Phi) is 7.39.